The van der Waals surface area contributed by atoms with Gasteiger partial charge in [0, 0.05) is 6.07 Å². The maximum absolute atomic E-state index is 13.3. The van der Waals surface area contributed by atoms with Crippen LogP contribution in [0.25, 0.3) is 0 Å². The number of anilines is 2. The van der Waals surface area contributed by atoms with Crippen LogP contribution in [0.1, 0.15) is 22.8 Å². The molecular formula is C26H23Cl2F3N2O8S. The minimum atomic E-state index is -4.69. The van der Waals surface area contributed by atoms with Crippen molar-refractivity contribution in [2.24, 2.45) is 0 Å². The van der Waals surface area contributed by atoms with Gasteiger partial charge in [0.25, 0.3) is 15.9 Å². The number of benzene rings is 3. The zero-order valence-corrected chi connectivity index (χ0v) is 24.6. The van der Waals surface area contributed by atoms with Crippen molar-refractivity contribution in [1.29, 1.82) is 0 Å². The topological polar surface area (TPSA) is 129 Å². The summed E-state index contributed by atoms with van der Waals surface area (Å²) >= 11 is 12.0. The number of carbonyl (C=O) groups excluding carboxylic acids is 2. The number of sulfonamides is 1. The monoisotopic (exact) mass is 650 g/mol. The highest BCUT2D eigenvalue weighted by Crippen LogP contribution is 2.38. The molecule has 0 spiro atoms. The highest BCUT2D eigenvalue weighted by Gasteiger charge is 2.32. The van der Waals surface area contributed by atoms with Crippen LogP contribution in [-0.2, 0) is 25.7 Å². The highest BCUT2D eigenvalue weighted by atomic mass is 35.5. The molecule has 226 valence electrons. The zero-order chi connectivity index (χ0) is 31.4. The van der Waals surface area contributed by atoms with E-state index < -0.39 is 44.6 Å². The number of alkyl halides is 3. The number of halogens is 5. The smallest absolute Gasteiger partial charge is 0.416 e. The minimum absolute atomic E-state index is 0.0446. The van der Waals surface area contributed by atoms with Crippen LogP contribution >= 0.6 is 23.2 Å². The van der Waals surface area contributed by atoms with Gasteiger partial charge in [-0.3, -0.25) is 9.52 Å². The van der Waals surface area contributed by atoms with Crippen molar-refractivity contribution in [2.75, 3.05) is 31.4 Å². The molecular weight excluding hydrogens is 628 g/mol. The summed E-state index contributed by atoms with van der Waals surface area (Å²) in [6.45, 7) is 1.16. The molecule has 0 unspecified atom stereocenters. The molecule has 3 rings (SSSR count). The molecule has 0 aliphatic heterocycles. The summed E-state index contributed by atoms with van der Waals surface area (Å²) in [6, 6.07) is 8.30. The van der Waals surface area contributed by atoms with E-state index in [1.54, 1.807) is 0 Å². The van der Waals surface area contributed by atoms with Crippen LogP contribution in [0.4, 0.5) is 24.5 Å². The number of ether oxygens (including phenoxy) is 4. The summed E-state index contributed by atoms with van der Waals surface area (Å²) in [6.07, 6.45) is -6.21. The Morgan fingerprint density at radius 1 is 0.833 bits per heavy atom. The van der Waals surface area contributed by atoms with Crippen molar-refractivity contribution in [3.63, 3.8) is 0 Å². The van der Waals surface area contributed by atoms with Gasteiger partial charge in [-0.15, -0.1) is 0 Å². The Kier molecular flexibility index (Phi) is 10.1. The second-order valence-electron chi connectivity index (χ2n) is 8.39. The van der Waals surface area contributed by atoms with Gasteiger partial charge in [-0.2, -0.15) is 13.2 Å². The van der Waals surface area contributed by atoms with E-state index in [-0.39, 0.29) is 44.2 Å². The van der Waals surface area contributed by atoms with E-state index in [1.807, 2.05) is 0 Å². The second kappa shape index (κ2) is 13.0. The van der Waals surface area contributed by atoms with Gasteiger partial charge in [-0.25, -0.2) is 13.2 Å². The number of carbonyl (C=O) groups is 2. The molecule has 2 N–H and O–H groups in total. The summed E-state index contributed by atoms with van der Waals surface area (Å²) in [7, 11) is -0.557. The predicted molar refractivity (Wildman–Crippen MR) is 148 cm³/mol. The Bertz CT molecular complexity index is 1620. The average Bonchev–Trinajstić information content (AvgIpc) is 2.93. The van der Waals surface area contributed by atoms with Crippen LogP contribution in [0.2, 0.25) is 10.0 Å². The standard InChI is InChI=1S/C26H23Cl2F3N2O8S/c1-13(24(34)32-18-10-15(26(29,30)31)6-7-16(18)27)41-25(35)14-5-8-20(38-2)23(9-14)42(36,37)33-19-11-17(28)21(39-3)12-22(19)40-4/h5-13,33H,1-4H3,(H,32,34)/t13-/m1/s1. The SMILES string of the molecule is COc1cc(OC)c(NS(=O)(=O)c2cc(C(=O)O[C@H](C)C(=O)Nc3cc(C(F)(F)F)ccc3Cl)ccc2OC)cc1Cl. The third-order valence-electron chi connectivity index (χ3n) is 5.61. The molecule has 0 aliphatic rings. The van der Waals surface area contributed by atoms with Crippen LogP contribution < -0.4 is 24.2 Å². The molecule has 0 saturated carbocycles. The summed E-state index contributed by atoms with van der Waals surface area (Å²) in [5.41, 5.74) is -1.73. The molecule has 0 aromatic heterocycles. The van der Waals surface area contributed by atoms with Crippen molar-refractivity contribution < 1.29 is 50.1 Å². The molecule has 0 radical (unpaired) electrons. The molecule has 1 amide bonds. The first-order valence-electron chi connectivity index (χ1n) is 11.6. The van der Waals surface area contributed by atoms with Crippen LogP contribution in [0, 0.1) is 0 Å². The first kappa shape index (κ1) is 32.6. The van der Waals surface area contributed by atoms with Gasteiger partial charge in [0.1, 0.15) is 22.1 Å². The van der Waals surface area contributed by atoms with Crippen molar-refractivity contribution in [1.82, 2.24) is 0 Å². The molecule has 0 fully saturated rings. The van der Waals surface area contributed by atoms with E-state index >= 15 is 0 Å². The van der Waals surface area contributed by atoms with Gasteiger partial charge in [-0.05, 0) is 49.4 Å². The van der Waals surface area contributed by atoms with Gasteiger partial charge in [0.05, 0.1) is 53.9 Å². The van der Waals surface area contributed by atoms with Gasteiger partial charge in [-0.1, -0.05) is 23.2 Å². The molecule has 1 atom stereocenters. The van der Waals surface area contributed by atoms with E-state index in [0.29, 0.717) is 6.07 Å². The molecule has 0 saturated heterocycles. The fraction of sp³-hybridized carbons (Fsp3) is 0.231. The predicted octanol–water partition coefficient (Wildman–Crippen LogP) is 6.02. The lowest BCUT2D eigenvalue weighted by molar-refractivity contribution is -0.137. The maximum atomic E-state index is 13.3. The normalized spacial score (nSPS) is 12.2. The number of nitrogens with one attached hydrogen (secondary N) is 2. The van der Waals surface area contributed by atoms with E-state index in [2.05, 4.69) is 10.0 Å². The zero-order valence-electron chi connectivity index (χ0n) is 22.3. The molecule has 10 nitrogen and oxygen atoms in total. The summed E-state index contributed by atoms with van der Waals surface area (Å²) in [4.78, 5) is 24.9. The van der Waals surface area contributed by atoms with E-state index in [1.165, 1.54) is 45.6 Å². The van der Waals surface area contributed by atoms with Crippen molar-refractivity contribution in [2.45, 2.75) is 24.1 Å². The lowest BCUT2D eigenvalue weighted by Gasteiger charge is -2.17. The Hall–Kier alpha value is -3.88. The Morgan fingerprint density at radius 2 is 1.48 bits per heavy atom. The third kappa shape index (κ3) is 7.49. The van der Waals surface area contributed by atoms with Crippen LogP contribution in [-0.4, -0.2) is 47.7 Å². The van der Waals surface area contributed by atoms with Crippen molar-refractivity contribution >= 4 is 56.5 Å². The average molecular weight is 651 g/mol. The van der Waals surface area contributed by atoms with Gasteiger partial charge < -0.3 is 24.3 Å². The number of hydrogen-bond acceptors (Lipinski definition) is 8. The molecule has 3 aromatic rings. The van der Waals surface area contributed by atoms with E-state index in [4.69, 9.17) is 42.1 Å². The number of rotatable bonds is 10. The number of esters is 1. The molecule has 16 heteroatoms. The maximum Gasteiger partial charge on any atom is 0.416 e. The largest absolute Gasteiger partial charge is 0.495 e. The molecule has 0 heterocycles. The molecule has 3 aromatic carbocycles. The van der Waals surface area contributed by atoms with Gasteiger partial charge >= 0.3 is 12.1 Å². The molecule has 42 heavy (non-hydrogen) atoms. The van der Waals surface area contributed by atoms with E-state index in [9.17, 15) is 31.2 Å². The van der Waals surface area contributed by atoms with Crippen LogP contribution in [0.3, 0.4) is 0 Å². The van der Waals surface area contributed by atoms with Crippen molar-refractivity contribution in [3.05, 3.63) is 69.7 Å². The van der Waals surface area contributed by atoms with Gasteiger partial charge in [0.15, 0.2) is 6.10 Å². The quantitative estimate of drug-likeness (QED) is 0.255. The number of hydrogen-bond donors (Lipinski definition) is 2. The Balaban J connectivity index is 1.84. The minimum Gasteiger partial charge on any atom is -0.495 e. The summed E-state index contributed by atoms with van der Waals surface area (Å²) < 4.78 is 88.6. The molecule has 0 bridgehead atoms. The summed E-state index contributed by atoms with van der Waals surface area (Å²) in [5.74, 6) is -1.93. The molecule has 0 aliphatic carbocycles. The van der Waals surface area contributed by atoms with E-state index in [0.717, 1.165) is 25.1 Å². The fourth-order valence-electron chi connectivity index (χ4n) is 3.47. The third-order valence-corrected chi connectivity index (χ3v) is 7.62. The first-order valence-corrected chi connectivity index (χ1v) is 13.9. The number of methoxy groups -OCH3 is 3. The van der Waals surface area contributed by atoms with Crippen LogP contribution in [0.5, 0.6) is 17.2 Å². The second-order valence-corrected chi connectivity index (χ2v) is 10.9. The Labute approximate surface area is 248 Å². The lowest BCUT2D eigenvalue weighted by Crippen LogP contribution is -2.30. The first-order chi connectivity index (χ1) is 19.6. The van der Waals surface area contributed by atoms with Gasteiger partial charge in [0.2, 0.25) is 0 Å². The Morgan fingerprint density at radius 3 is 2.07 bits per heavy atom. The summed E-state index contributed by atoms with van der Waals surface area (Å²) in [5, 5.41) is 2.08. The number of amides is 1. The van der Waals surface area contributed by atoms with Crippen LogP contribution in [0.15, 0.2) is 53.4 Å². The lowest BCUT2D eigenvalue weighted by atomic mass is 10.2. The van der Waals surface area contributed by atoms with Crippen molar-refractivity contribution in [3.8, 4) is 17.2 Å². The highest BCUT2D eigenvalue weighted by molar-refractivity contribution is 7.92. The fourth-order valence-corrected chi connectivity index (χ4v) is 5.13.